The highest BCUT2D eigenvalue weighted by Gasteiger charge is 2.16. The molecule has 0 spiro atoms. The molecule has 31 heavy (non-hydrogen) atoms. The Bertz CT molecular complexity index is 1030. The molecule has 2 N–H and O–H groups in total. The van der Waals surface area contributed by atoms with Crippen LogP contribution in [0, 0.1) is 6.92 Å². The van der Waals surface area contributed by atoms with Crippen molar-refractivity contribution < 1.29 is 4.79 Å². The van der Waals surface area contributed by atoms with Gasteiger partial charge in [0, 0.05) is 49.9 Å². The number of benzene rings is 1. The Labute approximate surface area is 182 Å². The minimum absolute atomic E-state index is 0.00671. The summed E-state index contributed by atoms with van der Waals surface area (Å²) in [5.41, 5.74) is 4.15. The van der Waals surface area contributed by atoms with Crippen LogP contribution in [-0.4, -0.2) is 70.4 Å². The Morgan fingerprint density at radius 3 is 2.61 bits per heavy atom. The van der Waals surface area contributed by atoms with E-state index < -0.39 is 0 Å². The molecule has 0 unspecified atom stereocenters. The Kier molecular flexibility index (Phi) is 6.49. The highest BCUT2D eigenvalue weighted by Crippen LogP contribution is 2.24. The number of carbonyl (C=O) groups excluding carboxylic acids is 1. The number of carbonyl (C=O) groups is 1. The van der Waals surface area contributed by atoms with Crippen molar-refractivity contribution in [2.45, 2.75) is 6.92 Å². The van der Waals surface area contributed by atoms with Gasteiger partial charge in [0.15, 0.2) is 0 Å². The van der Waals surface area contributed by atoms with Crippen LogP contribution in [-0.2, 0) is 4.79 Å². The zero-order valence-corrected chi connectivity index (χ0v) is 17.9. The van der Waals surface area contributed by atoms with Crippen LogP contribution in [0.25, 0.3) is 11.4 Å². The maximum Gasteiger partial charge on any atom is 0.238 e. The first-order valence-corrected chi connectivity index (χ1v) is 10.4. The number of hydrogen-bond acceptors (Lipinski definition) is 7. The number of nitrogens with zero attached hydrogens (tertiary/aromatic N) is 5. The minimum Gasteiger partial charge on any atom is -0.325 e. The van der Waals surface area contributed by atoms with Gasteiger partial charge in [-0.15, -0.1) is 0 Å². The molecule has 3 aromatic rings. The lowest BCUT2D eigenvalue weighted by atomic mass is 10.1. The van der Waals surface area contributed by atoms with Gasteiger partial charge in [-0.2, -0.15) is 0 Å². The third kappa shape index (κ3) is 5.62. The first kappa shape index (κ1) is 20.9. The monoisotopic (exact) mass is 417 g/mol. The number of aryl methyl sites for hydroxylation is 1. The Morgan fingerprint density at radius 2 is 1.84 bits per heavy atom. The smallest absolute Gasteiger partial charge is 0.238 e. The van der Waals surface area contributed by atoms with E-state index in [0.717, 1.165) is 54.5 Å². The van der Waals surface area contributed by atoms with Crippen LogP contribution >= 0.6 is 0 Å². The number of piperazine rings is 1. The molecular weight excluding hydrogens is 390 g/mol. The SMILES string of the molecule is Cc1ccc(NC(=O)CN2CCN(C)CC2)cc1Nc1nccc(-c2ccccn2)n1. The predicted octanol–water partition coefficient (Wildman–Crippen LogP) is 2.78. The largest absolute Gasteiger partial charge is 0.325 e. The quantitative estimate of drug-likeness (QED) is 0.638. The maximum atomic E-state index is 12.5. The molecule has 0 atom stereocenters. The maximum absolute atomic E-state index is 12.5. The number of anilines is 3. The number of hydrogen-bond donors (Lipinski definition) is 2. The molecule has 1 aromatic carbocycles. The zero-order chi connectivity index (χ0) is 21.6. The zero-order valence-electron chi connectivity index (χ0n) is 17.9. The van der Waals surface area contributed by atoms with Crippen LogP contribution in [0.1, 0.15) is 5.56 Å². The van der Waals surface area contributed by atoms with Crippen molar-refractivity contribution in [2.75, 3.05) is 50.4 Å². The lowest BCUT2D eigenvalue weighted by Crippen LogP contribution is -2.47. The minimum atomic E-state index is -0.00671. The van der Waals surface area contributed by atoms with E-state index in [4.69, 9.17) is 0 Å². The summed E-state index contributed by atoms with van der Waals surface area (Å²) < 4.78 is 0. The fourth-order valence-corrected chi connectivity index (χ4v) is 3.44. The van der Waals surface area contributed by atoms with Crippen molar-refractivity contribution in [3.63, 3.8) is 0 Å². The topological polar surface area (TPSA) is 86.3 Å². The van der Waals surface area contributed by atoms with Crippen LogP contribution < -0.4 is 10.6 Å². The average Bonchev–Trinajstić information content (AvgIpc) is 2.78. The Hall–Kier alpha value is -3.36. The van der Waals surface area contributed by atoms with Gasteiger partial charge in [-0.05, 0) is 49.9 Å². The predicted molar refractivity (Wildman–Crippen MR) is 122 cm³/mol. The van der Waals surface area contributed by atoms with Crippen LogP contribution in [0.15, 0.2) is 54.9 Å². The van der Waals surface area contributed by atoms with Gasteiger partial charge in [-0.1, -0.05) is 12.1 Å². The molecule has 1 fully saturated rings. The van der Waals surface area contributed by atoms with Crippen molar-refractivity contribution in [1.82, 2.24) is 24.8 Å². The number of aromatic nitrogens is 3. The average molecular weight is 418 g/mol. The summed E-state index contributed by atoms with van der Waals surface area (Å²) in [6, 6.07) is 13.3. The second-order valence-corrected chi connectivity index (χ2v) is 7.76. The summed E-state index contributed by atoms with van der Waals surface area (Å²) in [6.45, 7) is 6.20. The molecule has 4 rings (SSSR count). The molecule has 1 amide bonds. The summed E-state index contributed by atoms with van der Waals surface area (Å²) in [7, 11) is 2.11. The molecule has 2 aromatic heterocycles. The highest BCUT2D eigenvalue weighted by atomic mass is 16.2. The highest BCUT2D eigenvalue weighted by molar-refractivity contribution is 5.93. The molecule has 3 heterocycles. The number of rotatable bonds is 6. The van der Waals surface area contributed by atoms with E-state index in [0.29, 0.717) is 12.5 Å². The molecule has 1 aliphatic rings. The molecule has 8 heteroatoms. The van der Waals surface area contributed by atoms with E-state index in [1.165, 1.54) is 0 Å². The lowest BCUT2D eigenvalue weighted by molar-refractivity contribution is -0.117. The van der Waals surface area contributed by atoms with E-state index in [1.807, 2.05) is 49.4 Å². The third-order valence-corrected chi connectivity index (χ3v) is 5.31. The molecular formula is C23H27N7O. The van der Waals surface area contributed by atoms with Gasteiger partial charge in [-0.3, -0.25) is 14.7 Å². The van der Waals surface area contributed by atoms with Crippen molar-refractivity contribution in [1.29, 1.82) is 0 Å². The van der Waals surface area contributed by atoms with Crippen LogP contribution in [0.5, 0.6) is 0 Å². The first-order chi connectivity index (χ1) is 15.1. The van der Waals surface area contributed by atoms with E-state index >= 15 is 0 Å². The van der Waals surface area contributed by atoms with Gasteiger partial charge in [0.2, 0.25) is 11.9 Å². The summed E-state index contributed by atoms with van der Waals surface area (Å²) in [4.78, 5) is 30.2. The first-order valence-electron chi connectivity index (χ1n) is 10.4. The van der Waals surface area contributed by atoms with Crippen LogP contribution in [0.4, 0.5) is 17.3 Å². The van der Waals surface area contributed by atoms with E-state index in [-0.39, 0.29) is 5.91 Å². The number of amides is 1. The summed E-state index contributed by atoms with van der Waals surface area (Å²) in [5, 5.41) is 6.27. The van der Waals surface area contributed by atoms with Crippen molar-refractivity contribution in [3.05, 3.63) is 60.4 Å². The lowest BCUT2D eigenvalue weighted by Gasteiger charge is -2.31. The van der Waals surface area contributed by atoms with E-state index in [2.05, 4.69) is 42.4 Å². The summed E-state index contributed by atoms with van der Waals surface area (Å²) >= 11 is 0. The second kappa shape index (κ2) is 9.63. The molecule has 1 saturated heterocycles. The molecule has 8 nitrogen and oxygen atoms in total. The van der Waals surface area contributed by atoms with Gasteiger partial charge in [0.25, 0.3) is 0 Å². The second-order valence-electron chi connectivity index (χ2n) is 7.76. The van der Waals surface area contributed by atoms with Crippen molar-refractivity contribution in [2.24, 2.45) is 0 Å². The Balaban J connectivity index is 1.43. The van der Waals surface area contributed by atoms with Gasteiger partial charge in [0.05, 0.1) is 17.9 Å². The third-order valence-electron chi connectivity index (χ3n) is 5.31. The number of nitrogens with one attached hydrogen (secondary N) is 2. The van der Waals surface area contributed by atoms with Crippen molar-refractivity contribution in [3.8, 4) is 11.4 Å². The number of likely N-dealkylation sites (N-methyl/N-ethyl adjacent to an activating group) is 1. The number of pyridine rings is 1. The summed E-state index contributed by atoms with van der Waals surface area (Å²) in [5.74, 6) is 0.472. The van der Waals surface area contributed by atoms with Crippen molar-refractivity contribution >= 4 is 23.2 Å². The van der Waals surface area contributed by atoms with Crippen LogP contribution in [0.3, 0.4) is 0 Å². The normalized spacial score (nSPS) is 14.9. The van der Waals surface area contributed by atoms with Gasteiger partial charge < -0.3 is 15.5 Å². The summed E-state index contributed by atoms with van der Waals surface area (Å²) in [6.07, 6.45) is 3.44. The van der Waals surface area contributed by atoms with Gasteiger partial charge in [0.1, 0.15) is 0 Å². The molecule has 0 aliphatic carbocycles. The molecule has 1 aliphatic heterocycles. The Morgan fingerprint density at radius 1 is 1.00 bits per heavy atom. The molecule has 0 saturated carbocycles. The van der Waals surface area contributed by atoms with Gasteiger partial charge in [-0.25, -0.2) is 9.97 Å². The van der Waals surface area contributed by atoms with E-state index in [1.54, 1.807) is 12.4 Å². The van der Waals surface area contributed by atoms with Gasteiger partial charge >= 0.3 is 0 Å². The standard InChI is InChI=1S/C23H27N7O/c1-17-6-7-18(26-22(31)16-30-13-11-29(2)12-14-30)15-21(17)28-23-25-10-8-20(27-23)19-5-3-4-9-24-19/h3-10,15H,11-14,16H2,1-2H3,(H,26,31)(H,25,27,28). The fraction of sp³-hybridized carbons (Fsp3) is 0.304. The molecule has 160 valence electrons. The fourth-order valence-electron chi connectivity index (χ4n) is 3.44. The van der Waals surface area contributed by atoms with Crippen LogP contribution in [0.2, 0.25) is 0 Å². The van der Waals surface area contributed by atoms with E-state index in [9.17, 15) is 4.79 Å². The molecule has 0 radical (unpaired) electrons. The molecule has 0 bridgehead atoms.